The topological polar surface area (TPSA) is 41.5 Å². The monoisotopic (exact) mass is 321 g/mol. The van der Waals surface area contributed by atoms with E-state index in [1.54, 1.807) is 13.2 Å². The molecule has 2 rings (SSSR count). The molecule has 0 saturated carbocycles. The third kappa shape index (κ3) is 3.01. The molecule has 0 saturated heterocycles. The van der Waals surface area contributed by atoms with E-state index in [1.165, 1.54) is 0 Å². The molecule has 19 heavy (non-hydrogen) atoms. The van der Waals surface area contributed by atoms with Crippen molar-refractivity contribution in [2.45, 2.75) is 13.5 Å². The van der Waals surface area contributed by atoms with Gasteiger partial charge < -0.3 is 15.2 Å². The maximum Gasteiger partial charge on any atom is 0.162 e. The van der Waals surface area contributed by atoms with Crippen LogP contribution in [-0.4, -0.2) is 12.2 Å². The number of halogens is 1. The van der Waals surface area contributed by atoms with Crippen molar-refractivity contribution in [2.75, 3.05) is 12.4 Å². The smallest absolute Gasteiger partial charge is 0.162 e. The number of methoxy groups -OCH3 is 1. The summed E-state index contributed by atoms with van der Waals surface area (Å²) in [6, 6.07) is 11.5. The van der Waals surface area contributed by atoms with Gasteiger partial charge in [-0.2, -0.15) is 0 Å². The first-order valence-corrected chi connectivity index (χ1v) is 6.76. The lowest BCUT2D eigenvalue weighted by atomic mass is 10.1. The van der Waals surface area contributed by atoms with Crippen molar-refractivity contribution in [2.24, 2.45) is 0 Å². The summed E-state index contributed by atoms with van der Waals surface area (Å²) >= 11 is 3.50. The zero-order valence-electron chi connectivity index (χ0n) is 10.9. The van der Waals surface area contributed by atoms with Crippen molar-refractivity contribution >= 4 is 21.6 Å². The molecule has 0 fully saturated rings. The SMILES string of the molecule is COc1cccc(CNc2cccc(Br)c2C)c1O. The summed E-state index contributed by atoms with van der Waals surface area (Å²) in [5.74, 6) is 0.676. The van der Waals surface area contributed by atoms with Crippen molar-refractivity contribution in [3.63, 3.8) is 0 Å². The predicted molar refractivity (Wildman–Crippen MR) is 80.9 cm³/mol. The van der Waals surface area contributed by atoms with E-state index in [9.17, 15) is 5.11 Å². The number of aromatic hydroxyl groups is 1. The number of phenols is 1. The lowest BCUT2D eigenvalue weighted by Crippen LogP contribution is -2.02. The quantitative estimate of drug-likeness (QED) is 0.891. The number of nitrogens with one attached hydrogen (secondary N) is 1. The zero-order valence-corrected chi connectivity index (χ0v) is 12.5. The summed E-state index contributed by atoms with van der Waals surface area (Å²) in [7, 11) is 1.55. The van der Waals surface area contributed by atoms with Crippen LogP contribution >= 0.6 is 15.9 Å². The summed E-state index contributed by atoms with van der Waals surface area (Å²) in [5.41, 5.74) is 2.99. The van der Waals surface area contributed by atoms with Crippen LogP contribution in [0.5, 0.6) is 11.5 Å². The number of ether oxygens (including phenoxy) is 1. The van der Waals surface area contributed by atoms with Gasteiger partial charge in [-0.15, -0.1) is 0 Å². The maximum absolute atomic E-state index is 10.0. The highest BCUT2D eigenvalue weighted by Gasteiger charge is 2.08. The van der Waals surface area contributed by atoms with E-state index >= 15 is 0 Å². The number of hydrogen-bond acceptors (Lipinski definition) is 3. The van der Waals surface area contributed by atoms with Crippen LogP contribution in [0.15, 0.2) is 40.9 Å². The molecule has 0 aliphatic heterocycles. The fourth-order valence-electron chi connectivity index (χ4n) is 1.86. The van der Waals surface area contributed by atoms with Crippen LogP contribution in [0.2, 0.25) is 0 Å². The van der Waals surface area contributed by atoms with E-state index in [0.29, 0.717) is 12.3 Å². The van der Waals surface area contributed by atoms with E-state index in [1.807, 2.05) is 37.3 Å². The first-order valence-electron chi connectivity index (χ1n) is 5.97. The molecule has 100 valence electrons. The Kier molecular flexibility index (Phi) is 4.32. The largest absolute Gasteiger partial charge is 0.504 e. The van der Waals surface area contributed by atoms with Crippen LogP contribution < -0.4 is 10.1 Å². The van der Waals surface area contributed by atoms with Gasteiger partial charge in [0.05, 0.1) is 7.11 Å². The molecule has 0 aromatic heterocycles. The lowest BCUT2D eigenvalue weighted by Gasteiger charge is -2.13. The average Bonchev–Trinajstić information content (AvgIpc) is 2.42. The molecule has 0 aliphatic carbocycles. The molecule has 4 heteroatoms. The third-order valence-electron chi connectivity index (χ3n) is 3.04. The second-order valence-electron chi connectivity index (χ2n) is 4.23. The minimum absolute atomic E-state index is 0.185. The van der Waals surface area contributed by atoms with Crippen LogP contribution in [0, 0.1) is 6.92 Å². The molecule has 2 aromatic rings. The van der Waals surface area contributed by atoms with Crippen LogP contribution in [0.4, 0.5) is 5.69 Å². The fourth-order valence-corrected chi connectivity index (χ4v) is 2.23. The van der Waals surface area contributed by atoms with Gasteiger partial charge in [-0.05, 0) is 30.7 Å². The Morgan fingerprint density at radius 1 is 1.21 bits per heavy atom. The Morgan fingerprint density at radius 2 is 1.95 bits per heavy atom. The number of para-hydroxylation sites is 1. The molecule has 0 radical (unpaired) electrons. The van der Waals surface area contributed by atoms with Gasteiger partial charge in [-0.1, -0.05) is 34.1 Å². The molecule has 2 N–H and O–H groups in total. The average molecular weight is 322 g/mol. The molecule has 2 aromatic carbocycles. The fraction of sp³-hybridized carbons (Fsp3) is 0.200. The van der Waals surface area contributed by atoms with Crippen LogP contribution in [0.25, 0.3) is 0 Å². The molecular formula is C15H16BrNO2. The molecule has 0 aliphatic rings. The van der Waals surface area contributed by atoms with E-state index in [2.05, 4.69) is 21.2 Å². The van der Waals surface area contributed by atoms with Gasteiger partial charge in [0.2, 0.25) is 0 Å². The Labute approximate surface area is 121 Å². The van der Waals surface area contributed by atoms with Gasteiger partial charge in [0.25, 0.3) is 0 Å². The Morgan fingerprint density at radius 3 is 2.68 bits per heavy atom. The molecule has 0 bridgehead atoms. The van der Waals surface area contributed by atoms with E-state index in [-0.39, 0.29) is 5.75 Å². The lowest BCUT2D eigenvalue weighted by molar-refractivity contribution is 0.371. The van der Waals surface area contributed by atoms with Gasteiger partial charge in [-0.3, -0.25) is 0 Å². The number of benzene rings is 2. The van der Waals surface area contributed by atoms with Crippen LogP contribution in [-0.2, 0) is 6.54 Å². The van der Waals surface area contributed by atoms with E-state index in [0.717, 1.165) is 21.3 Å². The summed E-state index contributed by atoms with van der Waals surface area (Å²) in [6.07, 6.45) is 0. The van der Waals surface area contributed by atoms with Gasteiger partial charge in [0.1, 0.15) is 0 Å². The van der Waals surface area contributed by atoms with Crippen molar-refractivity contribution in [3.05, 3.63) is 52.0 Å². The number of anilines is 1. The van der Waals surface area contributed by atoms with Crippen molar-refractivity contribution in [1.29, 1.82) is 0 Å². The van der Waals surface area contributed by atoms with Gasteiger partial charge in [0, 0.05) is 22.3 Å². The molecular weight excluding hydrogens is 306 g/mol. The van der Waals surface area contributed by atoms with Crippen molar-refractivity contribution in [3.8, 4) is 11.5 Å². The van der Waals surface area contributed by atoms with Gasteiger partial charge in [0.15, 0.2) is 11.5 Å². The Hall–Kier alpha value is -1.68. The molecule has 3 nitrogen and oxygen atoms in total. The molecule has 0 atom stereocenters. The second-order valence-corrected chi connectivity index (χ2v) is 5.09. The molecule has 0 amide bonds. The van der Waals surface area contributed by atoms with Crippen molar-refractivity contribution in [1.82, 2.24) is 0 Å². The van der Waals surface area contributed by atoms with E-state index < -0.39 is 0 Å². The summed E-state index contributed by atoms with van der Waals surface area (Å²) in [5, 5.41) is 13.3. The van der Waals surface area contributed by atoms with E-state index in [4.69, 9.17) is 4.74 Å². The second kappa shape index (κ2) is 5.97. The number of rotatable bonds is 4. The molecule has 0 spiro atoms. The summed E-state index contributed by atoms with van der Waals surface area (Å²) < 4.78 is 6.16. The Bertz CT molecular complexity index is 584. The summed E-state index contributed by atoms with van der Waals surface area (Å²) in [6.45, 7) is 2.58. The minimum atomic E-state index is 0.185. The summed E-state index contributed by atoms with van der Waals surface area (Å²) in [4.78, 5) is 0. The van der Waals surface area contributed by atoms with Gasteiger partial charge >= 0.3 is 0 Å². The third-order valence-corrected chi connectivity index (χ3v) is 3.90. The number of phenolic OH excluding ortho intramolecular Hbond substituents is 1. The Balaban J connectivity index is 2.17. The van der Waals surface area contributed by atoms with Crippen LogP contribution in [0.3, 0.4) is 0 Å². The standard InChI is InChI=1S/C15H16BrNO2/c1-10-12(16)6-4-7-13(10)17-9-11-5-3-8-14(19-2)15(11)18/h3-8,17-18H,9H2,1-2H3. The maximum atomic E-state index is 10.0. The van der Waals surface area contributed by atoms with Crippen LogP contribution in [0.1, 0.15) is 11.1 Å². The number of hydrogen-bond donors (Lipinski definition) is 2. The normalized spacial score (nSPS) is 10.3. The molecule has 0 unspecified atom stereocenters. The highest BCUT2D eigenvalue weighted by atomic mass is 79.9. The molecule has 0 heterocycles. The minimum Gasteiger partial charge on any atom is -0.504 e. The van der Waals surface area contributed by atoms with Gasteiger partial charge in [-0.25, -0.2) is 0 Å². The highest BCUT2D eigenvalue weighted by molar-refractivity contribution is 9.10. The first-order chi connectivity index (χ1) is 9.13. The highest BCUT2D eigenvalue weighted by Crippen LogP contribution is 2.30. The zero-order chi connectivity index (χ0) is 13.8. The predicted octanol–water partition coefficient (Wildman–Crippen LogP) is 4.08. The van der Waals surface area contributed by atoms with Crippen molar-refractivity contribution < 1.29 is 9.84 Å². The first kappa shape index (κ1) is 13.7.